The summed E-state index contributed by atoms with van der Waals surface area (Å²) in [7, 11) is 1.58. The minimum absolute atomic E-state index is 0.00964. The average Bonchev–Trinajstić information content (AvgIpc) is 3.01. The molecule has 0 aliphatic rings. The van der Waals surface area contributed by atoms with E-state index in [1.54, 1.807) is 14.0 Å². The summed E-state index contributed by atoms with van der Waals surface area (Å²) >= 11 is 0. The van der Waals surface area contributed by atoms with Gasteiger partial charge in [-0.15, -0.1) is 0 Å². The number of hydrogen-bond acceptors (Lipinski definition) is 6. The molecule has 1 unspecified atom stereocenters. The standard InChI is InChI=1S/C20H28FN5O3S/c1-13(2)17-7-15(21)8-18(20(17)22-12-27)14(3)10-23-30(28,29)19-9-16(11-25(4)5)26(6)24-19/h7-9,13-14,23H,10-11H2,1-6H3. The molecule has 2 aromatic rings. The van der Waals surface area contributed by atoms with Crippen LogP contribution in [0.25, 0.3) is 0 Å². The molecule has 164 valence electrons. The summed E-state index contributed by atoms with van der Waals surface area (Å²) in [6, 6.07) is 4.13. The van der Waals surface area contributed by atoms with Crippen LogP contribution >= 0.6 is 0 Å². The number of benzene rings is 1. The molecule has 10 heteroatoms. The van der Waals surface area contributed by atoms with Crippen molar-refractivity contribution >= 4 is 21.8 Å². The van der Waals surface area contributed by atoms with Crippen LogP contribution in [0.3, 0.4) is 0 Å². The predicted molar refractivity (Wildman–Crippen MR) is 112 cm³/mol. The third kappa shape index (κ3) is 5.60. The Bertz CT molecular complexity index is 1060. The van der Waals surface area contributed by atoms with Gasteiger partial charge in [0, 0.05) is 26.2 Å². The number of aryl methyl sites for hydroxylation is 1. The summed E-state index contributed by atoms with van der Waals surface area (Å²) in [6.45, 7) is 6.00. The van der Waals surface area contributed by atoms with E-state index in [0.717, 1.165) is 5.69 Å². The van der Waals surface area contributed by atoms with E-state index in [0.29, 0.717) is 23.4 Å². The summed E-state index contributed by atoms with van der Waals surface area (Å²) in [4.78, 5) is 16.6. The van der Waals surface area contributed by atoms with Crippen LogP contribution in [0.15, 0.2) is 28.2 Å². The maximum Gasteiger partial charge on any atom is 0.259 e. The van der Waals surface area contributed by atoms with Crippen LogP contribution in [0, 0.1) is 5.82 Å². The van der Waals surface area contributed by atoms with Crippen molar-refractivity contribution in [1.82, 2.24) is 19.4 Å². The van der Waals surface area contributed by atoms with Gasteiger partial charge < -0.3 is 4.90 Å². The third-order valence-electron chi connectivity index (χ3n) is 4.73. The van der Waals surface area contributed by atoms with Gasteiger partial charge >= 0.3 is 0 Å². The molecule has 0 bridgehead atoms. The van der Waals surface area contributed by atoms with Gasteiger partial charge in [0.05, 0.1) is 11.4 Å². The van der Waals surface area contributed by atoms with Gasteiger partial charge in [0.2, 0.25) is 6.08 Å². The van der Waals surface area contributed by atoms with Crippen molar-refractivity contribution in [2.75, 3.05) is 20.6 Å². The molecular formula is C20H28FN5O3S. The largest absolute Gasteiger partial charge is 0.304 e. The predicted octanol–water partition coefficient (Wildman–Crippen LogP) is 2.79. The number of carbonyl (C=O) groups excluding carboxylic acids is 1. The zero-order chi connectivity index (χ0) is 22.6. The van der Waals surface area contributed by atoms with E-state index in [-0.39, 0.29) is 17.5 Å². The highest BCUT2D eigenvalue weighted by Crippen LogP contribution is 2.35. The van der Waals surface area contributed by atoms with E-state index < -0.39 is 21.8 Å². The first-order chi connectivity index (χ1) is 14.0. The second kappa shape index (κ2) is 9.61. The summed E-state index contributed by atoms with van der Waals surface area (Å²) in [5.74, 6) is -0.976. The lowest BCUT2D eigenvalue weighted by molar-refractivity contribution is 0.387. The fraction of sp³-hybridized carbons (Fsp3) is 0.500. The average molecular weight is 438 g/mol. The summed E-state index contributed by atoms with van der Waals surface area (Å²) in [5, 5.41) is 4.01. The number of hydrogen-bond donors (Lipinski definition) is 1. The quantitative estimate of drug-likeness (QED) is 0.481. The number of aromatic nitrogens is 2. The Hall–Kier alpha value is -2.39. The van der Waals surface area contributed by atoms with Crippen molar-refractivity contribution in [3.63, 3.8) is 0 Å². The number of rotatable bonds is 9. The molecule has 0 aliphatic heterocycles. The molecule has 0 spiro atoms. The molecule has 1 aromatic heterocycles. The first-order valence-electron chi connectivity index (χ1n) is 9.54. The monoisotopic (exact) mass is 437 g/mol. The molecule has 1 atom stereocenters. The number of nitrogens with zero attached hydrogens (tertiary/aromatic N) is 4. The van der Waals surface area contributed by atoms with Gasteiger partial charge in [-0.05, 0) is 49.2 Å². The first kappa shape index (κ1) is 23.9. The molecule has 0 fully saturated rings. The van der Waals surface area contributed by atoms with Gasteiger partial charge in [0.1, 0.15) is 5.82 Å². The molecule has 1 aromatic carbocycles. The van der Waals surface area contributed by atoms with Crippen molar-refractivity contribution in [3.8, 4) is 0 Å². The zero-order valence-electron chi connectivity index (χ0n) is 18.1. The lowest BCUT2D eigenvalue weighted by Gasteiger charge is -2.18. The van der Waals surface area contributed by atoms with E-state index in [9.17, 15) is 17.6 Å². The highest BCUT2D eigenvalue weighted by Gasteiger charge is 2.23. The topological polar surface area (TPSA) is 96.7 Å². The van der Waals surface area contributed by atoms with Crippen LogP contribution in [0.5, 0.6) is 0 Å². The van der Waals surface area contributed by atoms with Crippen molar-refractivity contribution in [1.29, 1.82) is 0 Å². The van der Waals surface area contributed by atoms with Gasteiger partial charge in [0.25, 0.3) is 10.0 Å². The number of isocyanates is 1. The lowest BCUT2D eigenvalue weighted by atomic mass is 9.92. The number of halogens is 1. The molecular weight excluding hydrogens is 409 g/mol. The van der Waals surface area contributed by atoms with E-state index in [4.69, 9.17) is 0 Å². The number of nitrogens with one attached hydrogen (secondary N) is 1. The molecule has 0 aliphatic carbocycles. The molecule has 2 rings (SSSR count). The van der Waals surface area contributed by atoms with Crippen LogP contribution in [0.1, 0.15) is 49.4 Å². The Morgan fingerprint density at radius 2 is 1.87 bits per heavy atom. The van der Waals surface area contributed by atoms with E-state index in [1.807, 2.05) is 32.8 Å². The van der Waals surface area contributed by atoms with Crippen LogP contribution in [-0.2, 0) is 28.4 Å². The number of aliphatic imine (C=N–C) groups is 1. The Balaban J connectivity index is 2.29. The summed E-state index contributed by atoms with van der Waals surface area (Å²) < 4.78 is 43.6. The molecule has 0 saturated carbocycles. The highest BCUT2D eigenvalue weighted by molar-refractivity contribution is 7.89. The summed E-state index contributed by atoms with van der Waals surface area (Å²) in [5.41, 5.74) is 2.10. The Morgan fingerprint density at radius 3 is 2.43 bits per heavy atom. The van der Waals surface area contributed by atoms with E-state index >= 15 is 0 Å². The Labute approximate surface area is 176 Å². The van der Waals surface area contributed by atoms with Gasteiger partial charge in [-0.1, -0.05) is 20.8 Å². The third-order valence-corrected chi connectivity index (χ3v) is 6.03. The van der Waals surface area contributed by atoms with Gasteiger partial charge in [-0.25, -0.2) is 22.3 Å². The van der Waals surface area contributed by atoms with Crippen LogP contribution in [0.2, 0.25) is 0 Å². The van der Waals surface area contributed by atoms with Crippen LogP contribution < -0.4 is 4.72 Å². The van der Waals surface area contributed by atoms with Gasteiger partial charge in [0.15, 0.2) is 5.03 Å². The molecule has 0 amide bonds. The lowest BCUT2D eigenvalue weighted by Crippen LogP contribution is -2.28. The highest BCUT2D eigenvalue weighted by atomic mass is 32.2. The first-order valence-corrected chi connectivity index (χ1v) is 11.0. The van der Waals surface area contributed by atoms with E-state index in [1.165, 1.54) is 29.0 Å². The maximum absolute atomic E-state index is 14.2. The van der Waals surface area contributed by atoms with Crippen LogP contribution in [0.4, 0.5) is 10.1 Å². The van der Waals surface area contributed by atoms with Crippen molar-refractivity contribution in [3.05, 3.63) is 40.8 Å². The fourth-order valence-corrected chi connectivity index (χ4v) is 4.27. The maximum atomic E-state index is 14.2. The Morgan fingerprint density at radius 1 is 1.23 bits per heavy atom. The molecule has 0 radical (unpaired) electrons. The second-order valence-electron chi connectivity index (χ2n) is 7.88. The van der Waals surface area contributed by atoms with Gasteiger partial charge in [-0.3, -0.25) is 4.68 Å². The normalized spacial score (nSPS) is 13.0. The Kier molecular flexibility index (Phi) is 7.65. The second-order valence-corrected chi connectivity index (χ2v) is 9.59. The van der Waals surface area contributed by atoms with E-state index in [2.05, 4.69) is 14.8 Å². The van der Waals surface area contributed by atoms with Gasteiger partial charge in [-0.2, -0.15) is 10.1 Å². The SMILES string of the molecule is CC(C)c1cc(F)cc(C(C)CNS(=O)(=O)c2cc(CN(C)C)n(C)n2)c1N=C=O. The molecule has 0 saturated heterocycles. The molecule has 30 heavy (non-hydrogen) atoms. The molecule has 8 nitrogen and oxygen atoms in total. The van der Waals surface area contributed by atoms with Crippen molar-refractivity contribution < 1.29 is 17.6 Å². The zero-order valence-corrected chi connectivity index (χ0v) is 18.9. The fourth-order valence-electron chi connectivity index (χ4n) is 3.13. The minimum Gasteiger partial charge on any atom is -0.304 e. The van der Waals surface area contributed by atoms with Crippen molar-refractivity contribution in [2.24, 2.45) is 12.0 Å². The van der Waals surface area contributed by atoms with Crippen LogP contribution in [-0.4, -0.2) is 49.8 Å². The minimum atomic E-state index is -3.86. The summed E-state index contributed by atoms with van der Waals surface area (Å²) in [6.07, 6.45) is 1.51. The smallest absolute Gasteiger partial charge is 0.259 e. The molecule has 1 N–H and O–H groups in total. The van der Waals surface area contributed by atoms with Crippen molar-refractivity contribution in [2.45, 2.75) is 44.2 Å². The number of sulfonamides is 1. The molecule has 1 heterocycles.